The summed E-state index contributed by atoms with van der Waals surface area (Å²) in [7, 11) is 0. The Morgan fingerprint density at radius 2 is 1.94 bits per heavy atom. The fraction of sp³-hybridized carbons (Fsp3) is 0.300. The van der Waals surface area contributed by atoms with Gasteiger partial charge in [0.25, 0.3) is 0 Å². The van der Waals surface area contributed by atoms with E-state index >= 15 is 0 Å². The third-order valence-electron chi connectivity index (χ3n) is 1.85. The predicted octanol–water partition coefficient (Wildman–Crippen LogP) is 2.30. The van der Waals surface area contributed by atoms with E-state index in [9.17, 15) is 4.39 Å². The fourth-order valence-electron chi connectivity index (χ4n) is 1.21. The molecule has 1 aromatic heterocycles. The van der Waals surface area contributed by atoms with Crippen molar-refractivity contribution < 1.29 is 4.39 Å². The van der Waals surface area contributed by atoms with Gasteiger partial charge in [0.1, 0.15) is 5.82 Å². The van der Waals surface area contributed by atoms with E-state index in [0.29, 0.717) is 10.4 Å². The molecule has 4 nitrogen and oxygen atoms in total. The predicted molar refractivity (Wildman–Crippen MR) is 60.1 cm³/mol. The van der Waals surface area contributed by atoms with E-state index in [-0.39, 0.29) is 5.82 Å². The topological polar surface area (TPSA) is 43.6 Å². The maximum atomic E-state index is 12.8. The largest absolute Gasteiger partial charge is 0.214 e. The van der Waals surface area contributed by atoms with Gasteiger partial charge in [-0.2, -0.15) is 4.68 Å². The highest BCUT2D eigenvalue weighted by molar-refractivity contribution is 7.99. The summed E-state index contributed by atoms with van der Waals surface area (Å²) in [6, 6.07) is 6.08. The number of tetrazole rings is 1. The van der Waals surface area contributed by atoms with E-state index in [1.54, 1.807) is 28.6 Å². The van der Waals surface area contributed by atoms with Crippen molar-refractivity contribution in [2.75, 3.05) is 0 Å². The van der Waals surface area contributed by atoms with Gasteiger partial charge in [-0.3, -0.25) is 0 Å². The van der Waals surface area contributed by atoms with Gasteiger partial charge in [0, 0.05) is 5.25 Å². The van der Waals surface area contributed by atoms with Crippen molar-refractivity contribution in [3.05, 3.63) is 30.1 Å². The zero-order chi connectivity index (χ0) is 11.5. The van der Waals surface area contributed by atoms with Crippen LogP contribution in [0.5, 0.6) is 0 Å². The van der Waals surface area contributed by atoms with E-state index in [0.717, 1.165) is 5.69 Å². The molecule has 2 rings (SSSR count). The summed E-state index contributed by atoms with van der Waals surface area (Å²) < 4.78 is 14.4. The van der Waals surface area contributed by atoms with Crippen molar-refractivity contribution in [2.45, 2.75) is 24.3 Å². The van der Waals surface area contributed by atoms with E-state index in [1.807, 2.05) is 0 Å². The second-order valence-corrected chi connectivity index (χ2v) is 5.06. The zero-order valence-corrected chi connectivity index (χ0v) is 9.78. The second kappa shape index (κ2) is 4.61. The highest BCUT2D eigenvalue weighted by atomic mass is 32.2. The van der Waals surface area contributed by atoms with Gasteiger partial charge in [0.15, 0.2) is 0 Å². The van der Waals surface area contributed by atoms with E-state index in [1.165, 1.54) is 12.1 Å². The number of hydrogen-bond acceptors (Lipinski definition) is 4. The SMILES string of the molecule is CC(C)Sc1nnnn1-c1ccc(F)cc1. The van der Waals surface area contributed by atoms with Gasteiger partial charge < -0.3 is 0 Å². The zero-order valence-electron chi connectivity index (χ0n) is 8.96. The number of thioether (sulfide) groups is 1. The van der Waals surface area contributed by atoms with Gasteiger partial charge in [-0.25, -0.2) is 4.39 Å². The summed E-state index contributed by atoms with van der Waals surface area (Å²) in [5.41, 5.74) is 0.759. The molecule has 0 aliphatic heterocycles. The Bertz CT molecular complexity index is 466. The Morgan fingerprint density at radius 1 is 1.25 bits per heavy atom. The summed E-state index contributed by atoms with van der Waals surface area (Å²) in [6.07, 6.45) is 0. The van der Waals surface area contributed by atoms with Gasteiger partial charge in [0.2, 0.25) is 5.16 Å². The normalized spacial score (nSPS) is 11.0. The van der Waals surface area contributed by atoms with Crippen molar-refractivity contribution >= 4 is 11.8 Å². The number of rotatable bonds is 3. The molecule has 84 valence electrons. The first-order valence-electron chi connectivity index (χ1n) is 4.88. The minimum Gasteiger partial charge on any atom is -0.207 e. The molecule has 0 fully saturated rings. The van der Waals surface area contributed by atoms with Crippen LogP contribution in [-0.2, 0) is 0 Å². The molecule has 0 bridgehead atoms. The Morgan fingerprint density at radius 3 is 2.56 bits per heavy atom. The standard InChI is InChI=1S/C10H11FN4S/c1-7(2)16-10-12-13-14-15(10)9-5-3-8(11)4-6-9/h3-7H,1-2H3. The highest BCUT2D eigenvalue weighted by Crippen LogP contribution is 2.22. The van der Waals surface area contributed by atoms with Crippen LogP contribution in [-0.4, -0.2) is 25.5 Å². The first kappa shape index (κ1) is 11.1. The maximum absolute atomic E-state index is 12.8. The van der Waals surface area contributed by atoms with Crippen LogP contribution in [0.3, 0.4) is 0 Å². The van der Waals surface area contributed by atoms with Crippen LogP contribution in [0.4, 0.5) is 4.39 Å². The van der Waals surface area contributed by atoms with Crippen LogP contribution in [0.1, 0.15) is 13.8 Å². The van der Waals surface area contributed by atoms with Crippen molar-refractivity contribution in [1.82, 2.24) is 20.2 Å². The molecule has 0 unspecified atom stereocenters. The lowest BCUT2D eigenvalue weighted by molar-refractivity contribution is 0.626. The minimum absolute atomic E-state index is 0.269. The molecule has 2 aromatic rings. The molecule has 0 saturated heterocycles. The Balaban J connectivity index is 2.33. The number of halogens is 1. The molecular formula is C10H11FN4S. The lowest BCUT2D eigenvalue weighted by Crippen LogP contribution is -2.00. The average Bonchev–Trinajstić information content (AvgIpc) is 2.66. The van der Waals surface area contributed by atoms with E-state index in [2.05, 4.69) is 29.4 Å². The van der Waals surface area contributed by atoms with Crippen LogP contribution >= 0.6 is 11.8 Å². The van der Waals surface area contributed by atoms with Gasteiger partial charge in [-0.1, -0.05) is 25.6 Å². The number of benzene rings is 1. The van der Waals surface area contributed by atoms with Crippen LogP contribution in [0.2, 0.25) is 0 Å². The maximum Gasteiger partial charge on any atom is 0.214 e. The Kier molecular flexibility index (Phi) is 3.19. The summed E-state index contributed by atoms with van der Waals surface area (Å²) in [6.45, 7) is 4.13. The number of nitrogens with zero attached hydrogens (tertiary/aromatic N) is 4. The molecule has 0 radical (unpaired) electrons. The quantitative estimate of drug-likeness (QED) is 0.770. The molecule has 16 heavy (non-hydrogen) atoms. The Labute approximate surface area is 96.9 Å². The van der Waals surface area contributed by atoms with E-state index < -0.39 is 0 Å². The number of hydrogen-bond donors (Lipinski definition) is 0. The summed E-state index contributed by atoms with van der Waals surface area (Å²) in [5, 5.41) is 12.5. The van der Waals surface area contributed by atoms with Crippen LogP contribution in [0.25, 0.3) is 5.69 Å². The van der Waals surface area contributed by atoms with E-state index in [4.69, 9.17) is 0 Å². The van der Waals surface area contributed by atoms with Gasteiger partial charge >= 0.3 is 0 Å². The minimum atomic E-state index is -0.269. The lowest BCUT2D eigenvalue weighted by atomic mass is 10.3. The highest BCUT2D eigenvalue weighted by Gasteiger charge is 2.10. The Hall–Kier alpha value is -1.43. The molecule has 0 N–H and O–H groups in total. The fourth-order valence-corrected chi connectivity index (χ4v) is 1.95. The molecule has 6 heteroatoms. The second-order valence-electron chi connectivity index (χ2n) is 3.52. The monoisotopic (exact) mass is 238 g/mol. The molecule has 0 saturated carbocycles. The first-order chi connectivity index (χ1) is 7.66. The summed E-state index contributed by atoms with van der Waals surface area (Å²) >= 11 is 1.56. The third-order valence-corrected chi connectivity index (χ3v) is 2.79. The summed E-state index contributed by atoms with van der Waals surface area (Å²) in [4.78, 5) is 0. The molecular weight excluding hydrogens is 227 g/mol. The molecule has 0 aliphatic carbocycles. The van der Waals surface area contributed by atoms with Crippen molar-refractivity contribution in [3.63, 3.8) is 0 Å². The molecule has 0 spiro atoms. The van der Waals surface area contributed by atoms with Crippen molar-refractivity contribution in [2.24, 2.45) is 0 Å². The van der Waals surface area contributed by atoms with Crippen molar-refractivity contribution in [3.8, 4) is 5.69 Å². The van der Waals surface area contributed by atoms with Crippen LogP contribution in [0, 0.1) is 5.82 Å². The first-order valence-corrected chi connectivity index (χ1v) is 5.76. The summed E-state index contributed by atoms with van der Waals surface area (Å²) in [5.74, 6) is -0.269. The molecule has 1 aromatic carbocycles. The molecule has 0 amide bonds. The third kappa shape index (κ3) is 2.38. The lowest BCUT2D eigenvalue weighted by Gasteiger charge is -2.05. The van der Waals surface area contributed by atoms with Crippen molar-refractivity contribution in [1.29, 1.82) is 0 Å². The van der Waals surface area contributed by atoms with Gasteiger partial charge in [0.05, 0.1) is 5.69 Å². The van der Waals surface area contributed by atoms with Crippen LogP contribution < -0.4 is 0 Å². The molecule has 0 aliphatic rings. The number of aromatic nitrogens is 4. The van der Waals surface area contributed by atoms with Crippen LogP contribution in [0.15, 0.2) is 29.4 Å². The molecule has 1 heterocycles. The van der Waals surface area contributed by atoms with Gasteiger partial charge in [-0.05, 0) is 34.7 Å². The van der Waals surface area contributed by atoms with Gasteiger partial charge in [-0.15, -0.1) is 5.10 Å². The molecule has 0 atom stereocenters. The average molecular weight is 238 g/mol. The smallest absolute Gasteiger partial charge is 0.207 e.